The Morgan fingerprint density at radius 3 is 2.50 bits per heavy atom. The number of piperidine rings is 1. The van der Waals surface area contributed by atoms with Crippen LogP contribution in [-0.2, 0) is 0 Å². The van der Waals surface area contributed by atoms with Gasteiger partial charge in [-0.05, 0) is 31.7 Å². The van der Waals surface area contributed by atoms with Crippen molar-refractivity contribution < 1.29 is 0 Å². The lowest BCUT2D eigenvalue weighted by Gasteiger charge is -2.29. The summed E-state index contributed by atoms with van der Waals surface area (Å²) in [7, 11) is 0. The van der Waals surface area contributed by atoms with Crippen molar-refractivity contribution in [1.29, 1.82) is 0 Å². The third-order valence-electron chi connectivity index (χ3n) is 2.53. The lowest BCUT2D eigenvalue weighted by Crippen LogP contribution is -2.39. The van der Waals surface area contributed by atoms with Crippen LogP contribution in [0.25, 0.3) is 0 Å². The summed E-state index contributed by atoms with van der Waals surface area (Å²) in [6, 6.07) is 0.818. The quantitative estimate of drug-likeness (QED) is 0.673. The average molecular weight is 171 g/mol. The molecular formula is C11H25N. The van der Waals surface area contributed by atoms with Crippen LogP contribution in [-0.4, -0.2) is 12.6 Å². The fraction of sp³-hybridized carbons (Fsp3) is 1.00. The maximum atomic E-state index is 3.57. The zero-order valence-corrected chi connectivity index (χ0v) is 9.19. The molecule has 1 N–H and O–H groups in total. The van der Waals surface area contributed by atoms with Gasteiger partial charge in [-0.25, -0.2) is 0 Å². The Labute approximate surface area is 77.9 Å². The summed E-state index contributed by atoms with van der Waals surface area (Å²) in [5, 5.41) is 3.57. The van der Waals surface area contributed by atoms with Gasteiger partial charge in [0.25, 0.3) is 0 Å². The van der Waals surface area contributed by atoms with Gasteiger partial charge < -0.3 is 5.32 Å². The van der Waals surface area contributed by atoms with E-state index in [0.717, 1.165) is 12.0 Å². The number of nitrogens with one attached hydrogen (secondary N) is 1. The van der Waals surface area contributed by atoms with Gasteiger partial charge in [0.1, 0.15) is 0 Å². The molecule has 1 saturated heterocycles. The van der Waals surface area contributed by atoms with E-state index in [1.807, 2.05) is 13.8 Å². The van der Waals surface area contributed by atoms with Crippen molar-refractivity contribution in [2.45, 2.75) is 59.4 Å². The van der Waals surface area contributed by atoms with E-state index in [9.17, 15) is 0 Å². The fourth-order valence-corrected chi connectivity index (χ4v) is 1.81. The molecule has 0 amide bonds. The molecule has 0 spiro atoms. The summed E-state index contributed by atoms with van der Waals surface area (Å²) < 4.78 is 0. The van der Waals surface area contributed by atoms with Gasteiger partial charge in [0, 0.05) is 6.04 Å². The van der Waals surface area contributed by atoms with Crippen LogP contribution in [0.1, 0.15) is 53.4 Å². The van der Waals surface area contributed by atoms with Gasteiger partial charge in [0.05, 0.1) is 0 Å². The first kappa shape index (κ1) is 12.0. The van der Waals surface area contributed by atoms with Gasteiger partial charge in [-0.1, -0.05) is 34.1 Å². The molecule has 12 heavy (non-hydrogen) atoms. The van der Waals surface area contributed by atoms with Crippen LogP contribution in [0.4, 0.5) is 0 Å². The summed E-state index contributed by atoms with van der Waals surface area (Å²) >= 11 is 0. The molecule has 0 aromatic heterocycles. The number of hydrogen-bond acceptors (Lipinski definition) is 1. The van der Waals surface area contributed by atoms with Crippen LogP contribution in [0.5, 0.6) is 0 Å². The van der Waals surface area contributed by atoms with Gasteiger partial charge in [0.15, 0.2) is 0 Å². The van der Waals surface area contributed by atoms with E-state index in [1.54, 1.807) is 0 Å². The molecule has 1 heteroatoms. The smallest absolute Gasteiger partial charge is 0.00925 e. The summed E-state index contributed by atoms with van der Waals surface area (Å²) in [5.41, 5.74) is 0. The molecule has 1 nitrogen and oxygen atoms in total. The molecule has 0 aromatic rings. The third-order valence-corrected chi connectivity index (χ3v) is 2.53. The van der Waals surface area contributed by atoms with Crippen molar-refractivity contribution in [2.24, 2.45) is 5.92 Å². The van der Waals surface area contributed by atoms with E-state index in [0.29, 0.717) is 0 Å². The van der Waals surface area contributed by atoms with Crippen LogP contribution >= 0.6 is 0 Å². The Morgan fingerprint density at radius 1 is 1.33 bits per heavy atom. The Morgan fingerprint density at radius 2 is 2.00 bits per heavy atom. The monoisotopic (exact) mass is 171 g/mol. The topological polar surface area (TPSA) is 12.0 Å². The fourth-order valence-electron chi connectivity index (χ4n) is 1.81. The zero-order chi connectivity index (χ0) is 9.40. The molecule has 0 radical (unpaired) electrons. The Hall–Kier alpha value is -0.0400. The highest BCUT2D eigenvalue weighted by atomic mass is 14.9. The number of hydrogen-bond donors (Lipinski definition) is 1. The van der Waals surface area contributed by atoms with Gasteiger partial charge in [-0.15, -0.1) is 0 Å². The molecule has 74 valence electrons. The Kier molecular flexibility index (Phi) is 7.58. The summed E-state index contributed by atoms with van der Waals surface area (Å²) in [6.07, 6.45) is 5.49. The SMILES string of the molecule is CC.CCCC1NCCCC1C. The molecule has 1 fully saturated rings. The van der Waals surface area contributed by atoms with Crippen LogP contribution in [0.2, 0.25) is 0 Å². The predicted molar refractivity (Wildman–Crippen MR) is 56.4 cm³/mol. The first-order chi connectivity index (χ1) is 5.84. The molecule has 1 heterocycles. The van der Waals surface area contributed by atoms with Crippen LogP contribution < -0.4 is 5.32 Å². The van der Waals surface area contributed by atoms with Crippen molar-refractivity contribution in [3.63, 3.8) is 0 Å². The van der Waals surface area contributed by atoms with E-state index in [2.05, 4.69) is 19.2 Å². The molecule has 2 atom stereocenters. The van der Waals surface area contributed by atoms with Gasteiger partial charge >= 0.3 is 0 Å². The number of rotatable bonds is 2. The second kappa shape index (κ2) is 7.60. The third kappa shape index (κ3) is 4.10. The Bertz CT molecular complexity index is 89.0. The van der Waals surface area contributed by atoms with E-state index >= 15 is 0 Å². The van der Waals surface area contributed by atoms with Crippen molar-refractivity contribution in [2.75, 3.05) is 6.54 Å². The lowest BCUT2D eigenvalue weighted by atomic mass is 9.90. The van der Waals surface area contributed by atoms with Crippen molar-refractivity contribution in [1.82, 2.24) is 5.32 Å². The van der Waals surface area contributed by atoms with Crippen LogP contribution in [0.15, 0.2) is 0 Å². The molecule has 0 aromatic carbocycles. The first-order valence-electron chi connectivity index (χ1n) is 5.58. The summed E-state index contributed by atoms with van der Waals surface area (Å²) in [6.45, 7) is 9.88. The molecule has 2 unspecified atom stereocenters. The summed E-state index contributed by atoms with van der Waals surface area (Å²) in [5.74, 6) is 0.911. The molecule has 1 aliphatic rings. The second-order valence-electron chi connectivity index (χ2n) is 3.47. The molecule has 0 bridgehead atoms. The van der Waals surface area contributed by atoms with E-state index in [-0.39, 0.29) is 0 Å². The van der Waals surface area contributed by atoms with Crippen molar-refractivity contribution >= 4 is 0 Å². The Balaban J connectivity index is 0.000000561. The maximum absolute atomic E-state index is 3.57. The molecule has 1 rings (SSSR count). The van der Waals surface area contributed by atoms with E-state index in [4.69, 9.17) is 0 Å². The maximum Gasteiger partial charge on any atom is 0.00925 e. The minimum atomic E-state index is 0.818. The highest BCUT2D eigenvalue weighted by molar-refractivity contribution is 4.77. The normalized spacial score (nSPS) is 29.0. The highest BCUT2D eigenvalue weighted by Gasteiger charge is 2.18. The van der Waals surface area contributed by atoms with E-state index < -0.39 is 0 Å². The van der Waals surface area contributed by atoms with Gasteiger partial charge in [-0.2, -0.15) is 0 Å². The van der Waals surface area contributed by atoms with Gasteiger partial charge in [-0.3, -0.25) is 0 Å². The largest absolute Gasteiger partial charge is 0.314 e. The second-order valence-corrected chi connectivity index (χ2v) is 3.47. The average Bonchev–Trinajstić information content (AvgIpc) is 2.13. The highest BCUT2D eigenvalue weighted by Crippen LogP contribution is 2.18. The van der Waals surface area contributed by atoms with Crippen molar-refractivity contribution in [3.8, 4) is 0 Å². The molecule has 1 aliphatic heterocycles. The molecule has 0 aliphatic carbocycles. The minimum absolute atomic E-state index is 0.818. The standard InChI is InChI=1S/C9H19N.C2H6/c1-3-5-9-8(2)6-4-7-10-9;1-2/h8-10H,3-7H2,1-2H3;1-2H3. The molecular weight excluding hydrogens is 146 g/mol. The van der Waals surface area contributed by atoms with Crippen LogP contribution in [0, 0.1) is 5.92 Å². The zero-order valence-electron chi connectivity index (χ0n) is 9.19. The minimum Gasteiger partial charge on any atom is -0.314 e. The molecule has 0 saturated carbocycles. The van der Waals surface area contributed by atoms with Gasteiger partial charge in [0.2, 0.25) is 0 Å². The van der Waals surface area contributed by atoms with E-state index in [1.165, 1.54) is 32.2 Å². The van der Waals surface area contributed by atoms with Crippen molar-refractivity contribution in [3.05, 3.63) is 0 Å². The first-order valence-corrected chi connectivity index (χ1v) is 5.58. The van der Waals surface area contributed by atoms with Crippen LogP contribution in [0.3, 0.4) is 0 Å². The summed E-state index contributed by atoms with van der Waals surface area (Å²) in [4.78, 5) is 0. The predicted octanol–water partition coefficient (Wildman–Crippen LogP) is 3.20. The lowest BCUT2D eigenvalue weighted by molar-refractivity contribution is 0.285.